The Hall–Kier alpha value is -1.30. The van der Waals surface area contributed by atoms with Gasteiger partial charge in [-0.25, -0.2) is 0 Å². The van der Waals surface area contributed by atoms with E-state index in [-0.39, 0.29) is 7.43 Å². The molecule has 1 aromatic rings. The second kappa shape index (κ2) is 7.14. The summed E-state index contributed by atoms with van der Waals surface area (Å²) < 4.78 is 0. The normalized spacial score (nSPS) is 13.3. The van der Waals surface area contributed by atoms with Gasteiger partial charge in [-0.15, -0.1) is 0 Å². The number of allylic oxidation sites excluding steroid dienone is 2. The topological polar surface area (TPSA) is 0 Å². The summed E-state index contributed by atoms with van der Waals surface area (Å²) in [4.78, 5) is 0. The van der Waals surface area contributed by atoms with Crippen LogP contribution in [0.3, 0.4) is 0 Å². The molecule has 1 rings (SSSR count). The van der Waals surface area contributed by atoms with Crippen molar-refractivity contribution in [1.82, 2.24) is 0 Å². The van der Waals surface area contributed by atoms with Gasteiger partial charge in [0.1, 0.15) is 0 Å². The van der Waals surface area contributed by atoms with E-state index >= 15 is 0 Å². The molecule has 0 saturated heterocycles. The van der Waals surface area contributed by atoms with Gasteiger partial charge in [-0.3, -0.25) is 0 Å². The molecule has 0 aliphatic rings. The molecule has 0 fully saturated rings. The summed E-state index contributed by atoms with van der Waals surface area (Å²) in [5.41, 5.74) is 0. The van der Waals surface area contributed by atoms with Crippen molar-refractivity contribution in [3.05, 3.63) is 46.9 Å². The van der Waals surface area contributed by atoms with Crippen LogP contribution in [0.15, 0.2) is 36.4 Å². The quantitative estimate of drug-likeness (QED) is 0.669. The van der Waals surface area contributed by atoms with Crippen LogP contribution < -0.4 is 10.4 Å². The zero-order chi connectivity index (χ0) is 9.52. The molecule has 0 spiro atoms. The molecule has 0 heteroatoms. The standard InChI is InChI=1S/C13H16.CH4/c1-3-5-6-10-13-11-8-7-9-12(13)4-2;/h4-11H,3H2,1-2H3;1H4/b6-5+,12-4-,13-10-;. The molecule has 0 radical (unpaired) electrons. The monoisotopic (exact) mass is 188 g/mol. The Morgan fingerprint density at radius 2 is 1.79 bits per heavy atom. The molecule has 0 amide bonds. The van der Waals surface area contributed by atoms with Crippen LogP contribution >= 0.6 is 0 Å². The first-order valence-electron chi connectivity index (χ1n) is 4.76. The molecule has 0 heterocycles. The number of hydrogen-bond donors (Lipinski definition) is 0. The van der Waals surface area contributed by atoms with E-state index in [1.807, 2.05) is 0 Å². The molecule has 0 saturated carbocycles. The Balaban J connectivity index is 0.00000169. The van der Waals surface area contributed by atoms with Crippen LogP contribution in [-0.4, -0.2) is 0 Å². The van der Waals surface area contributed by atoms with Gasteiger partial charge >= 0.3 is 0 Å². The molecule has 0 aromatic heterocycles. The lowest BCUT2D eigenvalue weighted by Crippen LogP contribution is -2.22. The first-order chi connectivity index (χ1) is 6.38. The fraction of sp³-hybridized carbons (Fsp3) is 0.286. The summed E-state index contributed by atoms with van der Waals surface area (Å²) >= 11 is 0. The lowest BCUT2D eigenvalue weighted by molar-refractivity contribution is 1.23. The highest BCUT2D eigenvalue weighted by molar-refractivity contribution is 5.39. The maximum Gasteiger partial charge on any atom is -0.0187 e. The van der Waals surface area contributed by atoms with E-state index in [1.165, 1.54) is 10.4 Å². The van der Waals surface area contributed by atoms with Crippen molar-refractivity contribution in [2.75, 3.05) is 0 Å². The summed E-state index contributed by atoms with van der Waals surface area (Å²) in [6, 6.07) is 8.40. The van der Waals surface area contributed by atoms with Crippen LogP contribution in [0.4, 0.5) is 0 Å². The maximum absolute atomic E-state index is 2.16. The van der Waals surface area contributed by atoms with Crippen LogP contribution in [0.25, 0.3) is 12.2 Å². The van der Waals surface area contributed by atoms with Crippen molar-refractivity contribution in [2.24, 2.45) is 0 Å². The molecular weight excluding hydrogens is 168 g/mol. The van der Waals surface area contributed by atoms with Gasteiger partial charge < -0.3 is 0 Å². The Bertz CT molecular complexity index is 383. The molecule has 0 bridgehead atoms. The Morgan fingerprint density at radius 3 is 2.36 bits per heavy atom. The molecular formula is C14H20. The summed E-state index contributed by atoms with van der Waals surface area (Å²) in [5, 5.41) is 2.58. The van der Waals surface area contributed by atoms with Crippen LogP contribution in [0.1, 0.15) is 27.7 Å². The van der Waals surface area contributed by atoms with Crippen molar-refractivity contribution in [1.29, 1.82) is 0 Å². The minimum atomic E-state index is 0. The van der Waals surface area contributed by atoms with E-state index in [0.717, 1.165) is 6.42 Å². The van der Waals surface area contributed by atoms with Gasteiger partial charge in [-0.05, 0) is 23.8 Å². The third-order valence-electron chi connectivity index (χ3n) is 1.95. The Labute approximate surface area is 87.3 Å². The van der Waals surface area contributed by atoms with Gasteiger partial charge in [0, 0.05) is 0 Å². The van der Waals surface area contributed by atoms with Crippen molar-refractivity contribution >= 4 is 12.2 Å². The second-order valence-corrected chi connectivity index (χ2v) is 2.92. The average molecular weight is 188 g/mol. The van der Waals surface area contributed by atoms with Crippen molar-refractivity contribution in [3.63, 3.8) is 0 Å². The van der Waals surface area contributed by atoms with Gasteiger partial charge in [-0.1, -0.05) is 62.9 Å². The minimum absolute atomic E-state index is 0. The van der Waals surface area contributed by atoms with Gasteiger partial charge in [0.05, 0.1) is 0 Å². The first kappa shape index (κ1) is 12.7. The van der Waals surface area contributed by atoms with E-state index in [1.54, 1.807) is 0 Å². The van der Waals surface area contributed by atoms with E-state index < -0.39 is 0 Å². The van der Waals surface area contributed by atoms with Crippen LogP contribution in [0.2, 0.25) is 0 Å². The molecule has 0 N–H and O–H groups in total. The van der Waals surface area contributed by atoms with E-state index in [0.29, 0.717) is 0 Å². The van der Waals surface area contributed by atoms with E-state index in [2.05, 4.69) is 62.4 Å². The molecule has 1 aromatic carbocycles. The highest BCUT2D eigenvalue weighted by Crippen LogP contribution is 1.80. The fourth-order valence-electron chi connectivity index (χ4n) is 1.23. The maximum atomic E-state index is 2.16. The van der Waals surface area contributed by atoms with Gasteiger partial charge in [0.2, 0.25) is 0 Å². The van der Waals surface area contributed by atoms with Crippen LogP contribution in [0, 0.1) is 0 Å². The zero-order valence-corrected chi connectivity index (χ0v) is 8.33. The average Bonchev–Trinajstić information content (AvgIpc) is 2.19. The molecule has 0 atom stereocenters. The summed E-state index contributed by atoms with van der Waals surface area (Å²) in [7, 11) is 0. The van der Waals surface area contributed by atoms with E-state index in [9.17, 15) is 0 Å². The molecule has 76 valence electrons. The minimum Gasteiger partial charge on any atom is -0.0848 e. The SMILES string of the molecule is C.C/C=c1/cccc/c1=C/C=C/CC. The van der Waals surface area contributed by atoms with E-state index in [4.69, 9.17) is 0 Å². The first-order valence-corrected chi connectivity index (χ1v) is 4.76. The highest BCUT2D eigenvalue weighted by Gasteiger charge is 1.79. The fourth-order valence-corrected chi connectivity index (χ4v) is 1.23. The summed E-state index contributed by atoms with van der Waals surface area (Å²) in [6.45, 7) is 4.21. The highest BCUT2D eigenvalue weighted by atomic mass is 13.8. The zero-order valence-electron chi connectivity index (χ0n) is 8.33. The Kier molecular flexibility index (Phi) is 6.47. The molecule has 0 unspecified atom stereocenters. The van der Waals surface area contributed by atoms with Gasteiger partial charge in [-0.2, -0.15) is 0 Å². The number of hydrogen-bond acceptors (Lipinski definition) is 0. The molecule has 0 aliphatic carbocycles. The Morgan fingerprint density at radius 1 is 1.14 bits per heavy atom. The molecule has 0 nitrogen and oxygen atoms in total. The molecule has 0 aliphatic heterocycles. The third-order valence-corrected chi connectivity index (χ3v) is 1.95. The second-order valence-electron chi connectivity index (χ2n) is 2.92. The molecule has 14 heavy (non-hydrogen) atoms. The van der Waals surface area contributed by atoms with Crippen LogP contribution in [-0.2, 0) is 0 Å². The van der Waals surface area contributed by atoms with Crippen molar-refractivity contribution in [2.45, 2.75) is 27.7 Å². The summed E-state index contributed by atoms with van der Waals surface area (Å²) in [6.07, 6.45) is 9.65. The van der Waals surface area contributed by atoms with Gasteiger partial charge in [0.25, 0.3) is 0 Å². The smallest absolute Gasteiger partial charge is 0.0187 e. The number of rotatable bonds is 2. The van der Waals surface area contributed by atoms with Crippen molar-refractivity contribution in [3.8, 4) is 0 Å². The lowest BCUT2D eigenvalue weighted by Gasteiger charge is -1.87. The number of benzene rings is 1. The van der Waals surface area contributed by atoms with Gasteiger partial charge in [0.15, 0.2) is 0 Å². The third kappa shape index (κ3) is 3.61. The summed E-state index contributed by atoms with van der Waals surface area (Å²) in [5.74, 6) is 0. The largest absolute Gasteiger partial charge is 0.0848 e. The lowest BCUT2D eigenvalue weighted by atomic mass is 10.2. The predicted molar refractivity (Wildman–Crippen MR) is 66.5 cm³/mol. The predicted octanol–water partition coefficient (Wildman–Crippen LogP) is 2.87. The van der Waals surface area contributed by atoms with Crippen LogP contribution in [0.5, 0.6) is 0 Å². The van der Waals surface area contributed by atoms with Crippen molar-refractivity contribution < 1.29 is 0 Å².